The van der Waals surface area contributed by atoms with Crippen LogP contribution < -0.4 is 0 Å². The highest BCUT2D eigenvalue weighted by atomic mass is 32.2. The van der Waals surface area contributed by atoms with Crippen LogP contribution >= 0.6 is 0 Å². The first-order chi connectivity index (χ1) is 6.56. The maximum Gasteiger partial charge on any atom is 0.250 e. The van der Waals surface area contributed by atoms with Gasteiger partial charge >= 0.3 is 0 Å². The van der Waals surface area contributed by atoms with Gasteiger partial charge in [0.05, 0.1) is 4.90 Å². The molecule has 0 spiro atoms. The van der Waals surface area contributed by atoms with Gasteiger partial charge in [-0.15, -0.1) is 0 Å². The predicted octanol–water partition coefficient (Wildman–Crippen LogP) is 1.97. The van der Waals surface area contributed by atoms with Gasteiger partial charge in [0.15, 0.2) is 11.0 Å². The standard InChI is InChI=1S/C10H11NO2S/c1-7-4-10(14(13)11-6-12)5-8(2)9(7)3/h4-5H,1-3H3. The Bertz CT molecular complexity index is 411. The van der Waals surface area contributed by atoms with Crippen LogP contribution in [0.5, 0.6) is 0 Å². The number of hydrogen-bond acceptors (Lipinski definition) is 2. The van der Waals surface area contributed by atoms with E-state index >= 15 is 0 Å². The van der Waals surface area contributed by atoms with E-state index in [-0.39, 0.29) is 0 Å². The average molecular weight is 209 g/mol. The van der Waals surface area contributed by atoms with E-state index in [1.165, 1.54) is 11.6 Å². The molecule has 3 nitrogen and oxygen atoms in total. The zero-order valence-electron chi connectivity index (χ0n) is 8.33. The maximum atomic E-state index is 11.3. The molecule has 0 amide bonds. The first kappa shape index (κ1) is 10.8. The van der Waals surface area contributed by atoms with Gasteiger partial charge < -0.3 is 0 Å². The molecule has 1 rings (SSSR count). The molecule has 0 aromatic heterocycles. The molecular weight excluding hydrogens is 198 g/mol. The van der Waals surface area contributed by atoms with E-state index < -0.39 is 11.0 Å². The van der Waals surface area contributed by atoms with Gasteiger partial charge in [0, 0.05) is 0 Å². The lowest BCUT2D eigenvalue weighted by Gasteiger charge is -2.05. The monoisotopic (exact) mass is 209 g/mol. The average Bonchev–Trinajstić information content (AvgIpc) is 2.13. The summed E-state index contributed by atoms with van der Waals surface area (Å²) in [5.41, 5.74) is 3.27. The van der Waals surface area contributed by atoms with Crippen molar-refractivity contribution in [2.45, 2.75) is 25.7 Å². The number of hydrogen-bond donors (Lipinski definition) is 0. The first-order valence-corrected chi connectivity index (χ1v) is 5.24. The second kappa shape index (κ2) is 4.31. The van der Waals surface area contributed by atoms with Crippen molar-refractivity contribution in [1.29, 1.82) is 0 Å². The van der Waals surface area contributed by atoms with Crippen LogP contribution in [0.15, 0.2) is 21.4 Å². The van der Waals surface area contributed by atoms with E-state index in [1.54, 1.807) is 12.1 Å². The summed E-state index contributed by atoms with van der Waals surface area (Å²) in [5, 5.41) is 0. The van der Waals surface area contributed by atoms with Gasteiger partial charge in [0.2, 0.25) is 6.08 Å². The Labute approximate surface area is 85.5 Å². The minimum absolute atomic E-state index is 0.550. The van der Waals surface area contributed by atoms with Gasteiger partial charge in [-0.05, 0) is 49.6 Å². The Kier molecular flexibility index (Phi) is 3.33. The fourth-order valence-electron chi connectivity index (χ4n) is 1.18. The van der Waals surface area contributed by atoms with Crippen LogP contribution in [0.25, 0.3) is 0 Å². The van der Waals surface area contributed by atoms with Gasteiger partial charge in [-0.1, -0.05) is 4.40 Å². The third-order valence-electron chi connectivity index (χ3n) is 2.22. The van der Waals surface area contributed by atoms with E-state index in [0.29, 0.717) is 4.90 Å². The van der Waals surface area contributed by atoms with Crippen LogP contribution in [0.2, 0.25) is 0 Å². The van der Waals surface area contributed by atoms with Crippen LogP contribution in [-0.4, -0.2) is 10.3 Å². The van der Waals surface area contributed by atoms with Crippen molar-refractivity contribution in [3.8, 4) is 0 Å². The highest BCUT2D eigenvalue weighted by molar-refractivity contribution is 7.83. The van der Waals surface area contributed by atoms with Crippen molar-refractivity contribution in [2.75, 3.05) is 0 Å². The predicted molar refractivity (Wildman–Crippen MR) is 55.2 cm³/mol. The molecule has 0 bridgehead atoms. The molecule has 74 valence electrons. The van der Waals surface area contributed by atoms with Crippen molar-refractivity contribution >= 4 is 17.1 Å². The molecule has 0 aliphatic heterocycles. The lowest BCUT2D eigenvalue weighted by atomic mass is 10.1. The topological polar surface area (TPSA) is 46.5 Å². The SMILES string of the molecule is Cc1cc(S(=O)N=C=O)cc(C)c1C. The summed E-state index contributed by atoms with van der Waals surface area (Å²) in [5.74, 6) is 0. The molecule has 0 radical (unpaired) electrons. The van der Waals surface area contributed by atoms with Gasteiger partial charge in [0.25, 0.3) is 0 Å². The summed E-state index contributed by atoms with van der Waals surface area (Å²) in [6.07, 6.45) is 1.29. The third kappa shape index (κ3) is 2.16. The largest absolute Gasteiger partial charge is 0.250 e. The molecule has 0 fully saturated rings. The summed E-state index contributed by atoms with van der Waals surface area (Å²) in [6.45, 7) is 5.88. The minimum Gasteiger partial charge on any atom is -0.229 e. The molecule has 0 heterocycles. The van der Waals surface area contributed by atoms with Gasteiger partial charge in [-0.2, -0.15) is 0 Å². The molecule has 1 aromatic carbocycles. The number of carbonyl (C=O) groups excluding carboxylic acids is 1. The second-order valence-corrected chi connectivity index (χ2v) is 4.27. The van der Waals surface area contributed by atoms with Crippen LogP contribution in [0, 0.1) is 20.8 Å². The maximum absolute atomic E-state index is 11.3. The molecular formula is C10H11NO2S. The molecule has 0 aliphatic carbocycles. The zero-order valence-corrected chi connectivity index (χ0v) is 9.14. The van der Waals surface area contributed by atoms with Crippen molar-refractivity contribution in [3.63, 3.8) is 0 Å². The van der Waals surface area contributed by atoms with E-state index in [4.69, 9.17) is 0 Å². The molecule has 0 aliphatic rings. The summed E-state index contributed by atoms with van der Waals surface area (Å²) in [4.78, 5) is 10.5. The van der Waals surface area contributed by atoms with Crippen molar-refractivity contribution in [2.24, 2.45) is 4.40 Å². The Balaban J connectivity index is 3.25. The van der Waals surface area contributed by atoms with E-state index in [1.807, 2.05) is 20.8 Å². The quantitative estimate of drug-likeness (QED) is 0.552. The van der Waals surface area contributed by atoms with Crippen LogP contribution in [0.3, 0.4) is 0 Å². The van der Waals surface area contributed by atoms with Crippen molar-refractivity contribution in [1.82, 2.24) is 0 Å². The lowest BCUT2D eigenvalue weighted by molar-refractivity contribution is 0.566. The lowest BCUT2D eigenvalue weighted by Crippen LogP contribution is -1.93. The molecule has 0 saturated carbocycles. The molecule has 14 heavy (non-hydrogen) atoms. The molecule has 1 aromatic rings. The molecule has 4 heteroatoms. The number of aryl methyl sites for hydroxylation is 2. The summed E-state index contributed by atoms with van der Waals surface area (Å²) < 4.78 is 14.5. The first-order valence-electron chi connectivity index (χ1n) is 4.14. The zero-order chi connectivity index (χ0) is 10.7. The Morgan fingerprint density at radius 1 is 1.21 bits per heavy atom. The van der Waals surface area contributed by atoms with Crippen molar-refractivity contribution < 1.29 is 9.00 Å². The van der Waals surface area contributed by atoms with E-state index in [9.17, 15) is 9.00 Å². The van der Waals surface area contributed by atoms with Crippen LogP contribution in [0.4, 0.5) is 0 Å². The highest BCUT2D eigenvalue weighted by Crippen LogP contribution is 2.18. The Hall–Kier alpha value is -1.25. The molecule has 0 saturated heterocycles. The highest BCUT2D eigenvalue weighted by Gasteiger charge is 2.06. The Morgan fingerprint density at radius 2 is 1.71 bits per heavy atom. The minimum atomic E-state index is -1.61. The van der Waals surface area contributed by atoms with Gasteiger partial charge in [-0.3, -0.25) is 0 Å². The van der Waals surface area contributed by atoms with Crippen LogP contribution in [-0.2, 0) is 15.8 Å². The van der Waals surface area contributed by atoms with Crippen molar-refractivity contribution in [3.05, 3.63) is 28.8 Å². The smallest absolute Gasteiger partial charge is 0.229 e. The number of isocyanates is 1. The van der Waals surface area contributed by atoms with Crippen LogP contribution in [0.1, 0.15) is 16.7 Å². The fraction of sp³-hybridized carbons (Fsp3) is 0.300. The number of rotatable bonds is 2. The summed E-state index contributed by atoms with van der Waals surface area (Å²) in [7, 11) is -1.61. The number of benzene rings is 1. The van der Waals surface area contributed by atoms with E-state index in [2.05, 4.69) is 4.40 Å². The normalized spacial score (nSPS) is 11.9. The van der Waals surface area contributed by atoms with Gasteiger partial charge in [0.1, 0.15) is 0 Å². The molecule has 0 N–H and O–H groups in total. The summed E-state index contributed by atoms with van der Waals surface area (Å²) in [6, 6.07) is 3.55. The second-order valence-electron chi connectivity index (χ2n) is 3.11. The Morgan fingerprint density at radius 3 is 2.14 bits per heavy atom. The summed E-state index contributed by atoms with van der Waals surface area (Å²) >= 11 is 0. The van der Waals surface area contributed by atoms with Gasteiger partial charge in [-0.25, -0.2) is 9.00 Å². The number of nitrogens with zero attached hydrogens (tertiary/aromatic N) is 1. The molecule has 1 unspecified atom stereocenters. The fourth-order valence-corrected chi connectivity index (χ4v) is 1.91. The third-order valence-corrected chi connectivity index (χ3v) is 3.10. The molecule has 1 atom stereocenters. The van der Waals surface area contributed by atoms with E-state index in [0.717, 1.165) is 11.1 Å².